The highest BCUT2D eigenvalue weighted by Gasteiger charge is 2.84. The third-order valence-corrected chi connectivity index (χ3v) is 5.32. The van der Waals surface area contributed by atoms with Gasteiger partial charge in [0.25, 0.3) is 0 Å². The second-order valence-corrected chi connectivity index (χ2v) is 8.50. The molecule has 0 aliphatic rings. The molecule has 0 spiro atoms. The monoisotopic (exact) mass is 692 g/mol. The van der Waals surface area contributed by atoms with Crippen LogP contribution in [0.1, 0.15) is 0 Å². The number of benzene rings is 2. The normalized spacial score (nSPS) is 14.2. The number of ether oxygens (including phenoxy) is 1. The summed E-state index contributed by atoms with van der Waals surface area (Å²) in [6.45, 7) is 0. The van der Waals surface area contributed by atoms with Crippen LogP contribution < -0.4 is 15.4 Å². The van der Waals surface area contributed by atoms with Crippen molar-refractivity contribution in [2.45, 2.75) is 47.9 Å². The maximum absolute atomic E-state index is 13.7. The lowest BCUT2D eigenvalue weighted by Gasteiger charge is -2.32. The van der Waals surface area contributed by atoms with Crippen molar-refractivity contribution < 1.29 is 93.4 Å². The van der Waals surface area contributed by atoms with Gasteiger partial charge in [0.1, 0.15) is 11.5 Å². The average Bonchev–Trinajstić information content (AvgIpc) is 2.89. The van der Waals surface area contributed by atoms with Crippen LogP contribution in [-0.4, -0.2) is 59.7 Å². The van der Waals surface area contributed by atoms with Crippen LogP contribution in [0.4, 0.5) is 90.4 Å². The van der Waals surface area contributed by atoms with Crippen molar-refractivity contribution in [2.24, 2.45) is 0 Å². The standard InChI is InChI=1S/C22H10F18N2O3/c23-15(24,17(27,28)19(31,32)21(35,36)37)13(43)41-9-1-5-11(6-2-9)45-12-7-3-10(4-8-12)42-14(44)16(25,26)18(29,30)20(33,34)22(38,39)40/h1-8H,(H,41,43)(H,42,44). The number of nitrogens with one attached hydrogen (secondary N) is 2. The first-order valence-electron chi connectivity index (χ1n) is 10.9. The Balaban J connectivity index is 2.12. The van der Waals surface area contributed by atoms with Crippen LogP contribution >= 0.6 is 0 Å². The first kappa shape index (κ1) is 37.1. The number of carbonyl (C=O) groups is 2. The van der Waals surface area contributed by atoms with Gasteiger partial charge in [-0.3, -0.25) is 9.59 Å². The topological polar surface area (TPSA) is 67.4 Å². The van der Waals surface area contributed by atoms with Crippen molar-refractivity contribution in [3.63, 3.8) is 0 Å². The Bertz CT molecular complexity index is 1280. The largest absolute Gasteiger partial charge is 0.460 e. The molecule has 2 aromatic carbocycles. The molecule has 0 radical (unpaired) electrons. The summed E-state index contributed by atoms with van der Waals surface area (Å²) in [6.07, 6.45) is -14.3. The minimum Gasteiger partial charge on any atom is -0.457 e. The van der Waals surface area contributed by atoms with E-state index in [1.54, 1.807) is 0 Å². The van der Waals surface area contributed by atoms with Gasteiger partial charge in [0.05, 0.1) is 0 Å². The molecule has 2 rings (SSSR count). The summed E-state index contributed by atoms with van der Waals surface area (Å²) in [7, 11) is 0. The Kier molecular flexibility index (Phi) is 9.38. The quantitative estimate of drug-likeness (QED) is 0.247. The molecule has 2 amide bonds. The minimum atomic E-state index is -7.33. The summed E-state index contributed by atoms with van der Waals surface area (Å²) in [5.41, 5.74) is -1.74. The number of amides is 2. The van der Waals surface area contributed by atoms with Gasteiger partial charge in [0.2, 0.25) is 0 Å². The van der Waals surface area contributed by atoms with E-state index in [1.807, 2.05) is 0 Å². The fourth-order valence-electron chi connectivity index (χ4n) is 2.80. The molecule has 0 bridgehead atoms. The van der Waals surface area contributed by atoms with Crippen LogP contribution in [0.5, 0.6) is 11.5 Å². The van der Waals surface area contributed by atoms with Gasteiger partial charge >= 0.3 is 59.7 Å². The molecule has 0 aromatic heterocycles. The zero-order valence-corrected chi connectivity index (χ0v) is 20.6. The van der Waals surface area contributed by atoms with Gasteiger partial charge in [-0.05, 0) is 48.5 Å². The number of hydrogen-bond acceptors (Lipinski definition) is 3. The van der Waals surface area contributed by atoms with Crippen molar-refractivity contribution in [3.8, 4) is 11.5 Å². The van der Waals surface area contributed by atoms with Gasteiger partial charge in [-0.25, -0.2) is 0 Å². The molecule has 0 saturated carbocycles. The van der Waals surface area contributed by atoms with Crippen LogP contribution in [0.2, 0.25) is 0 Å². The van der Waals surface area contributed by atoms with E-state index in [0.717, 1.165) is 34.9 Å². The number of carbonyl (C=O) groups excluding carboxylic acids is 2. The third kappa shape index (κ3) is 6.51. The Morgan fingerprint density at radius 2 is 0.667 bits per heavy atom. The van der Waals surface area contributed by atoms with Crippen molar-refractivity contribution in [2.75, 3.05) is 10.6 Å². The molecule has 5 nitrogen and oxygen atoms in total. The minimum absolute atomic E-state index is 0.356. The van der Waals surface area contributed by atoms with Gasteiger partial charge < -0.3 is 15.4 Å². The maximum Gasteiger partial charge on any atom is 0.460 e. The molecular formula is C22H10F18N2O3. The Morgan fingerprint density at radius 1 is 0.422 bits per heavy atom. The molecule has 0 aliphatic heterocycles. The van der Waals surface area contributed by atoms with E-state index in [9.17, 15) is 88.6 Å². The molecule has 0 heterocycles. The number of anilines is 2. The van der Waals surface area contributed by atoms with Crippen LogP contribution in [0, 0.1) is 0 Å². The highest BCUT2D eigenvalue weighted by molar-refractivity contribution is 5.97. The van der Waals surface area contributed by atoms with Crippen molar-refractivity contribution in [1.29, 1.82) is 0 Å². The summed E-state index contributed by atoms with van der Waals surface area (Å²) in [6, 6.07) is 5.30. The smallest absolute Gasteiger partial charge is 0.457 e. The fourth-order valence-corrected chi connectivity index (χ4v) is 2.80. The zero-order valence-electron chi connectivity index (χ0n) is 20.6. The van der Waals surface area contributed by atoms with Gasteiger partial charge in [0.15, 0.2) is 0 Å². The molecule has 0 atom stereocenters. The lowest BCUT2D eigenvalue weighted by molar-refractivity contribution is -0.388. The SMILES string of the molecule is O=C(Nc1ccc(Oc2ccc(NC(=O)C(F)(F)C(F)(F)C(F)(F)C(F)(F)F)cc2)cc1)C(F)(F)C(F)(F)C(F)(F)C(F)(F)F. The van der Waals surface area contributed by atoms with Gasteiger partial charge in [-0.1, -0.05) is 0 Å². The molecule has 2 N–H and O–H groups in total. The van der Waals surface area contributed by atoms with Crippen molar-refractivity contribution in [1.82, 2.24) is 0 Å². The van der Waals surface area contributed by atoms with E-state index in [-0.39, 0.29) is 11.5 Å². The Labute approximate surface area is 236 Å². The van der Waals surface area contributed by atoms with E-state index in [4.69, 9.17) is 4.74 Å². The van der Waals surface area contributed by atoms with Gasteiger partial charge in [0, 0.05) is 11.4 Å². The summed E-state index contributed by atoms with van der Waals surface area (Å²) >= 11 is 0. The average molecular weight is 692 g/mol. The second kappa shape index (κ2) is 11.4. The zero-order chi connectivity index (χ0) is 35.2. The second-order valence-electron chi connectivity index (χ2n) is 8.50. The molecule has 0 saturated heterocycles. The van der Waals surface area contributed by atoms with Crippen molar-refractivity contribution in [3.05, 3.63) is 48.5 Å². The third-order valence-electron chi connectivity index (χ3n) is 5.32. The van der Waals surface area contributed by atoms with Crippen molar-refractivity contribution >= 4 is 23.2 Å². The summed E-state index contributed by atoms with van der Waals surface area (Å²) in [4.78, 5) is 22.9. The maximum atomic E-state index is 13.7. The summed E-state index contributed by atoms with van der Waals surface area (Å²) in [5, 5.41) is 1.96. The Morgan fingerprint density at radius 3 is 0.889 bits per heavy atom. The first-order valence-corrected chi connectivity index (χ1v) is 10.9. The molecule has 23 heteroatoms. The fraction of sp³-hybridized carbons (Fsp3) is 0.364. The number of alkyl halides is 18. The number of rotatable bonds is 10. The molecule has 0 aliphatic carbocycles. The summed E-state index contributed by atoms with van der Waals surface area (Å²) < 4.78 is 238. The predicted molar refractivity (Wildman–Crippen MR) is 112 cm³/mol. The predicted octanol–water partition coefficient (Wildman–Crippen LogP) is 8.29. The van der Waals surface area contributed by atoms with E-state index in [0.29, 0.717) is 24.3 Å². The van der Waals surface area contributed by atoms with Gasteiger partial charge in [-0.15, -0.1) is 0 Å². The number of hydrogen-bond donors (Lipinski definition) is 2. The van der Waals surface area contributed by atoms with E-state index < -0.39 is 71.1 Å². The highest BCUT2D eigenvalue weighted by atomic mass is 19.4. The van der Waals surface area contributed by atoms with Crippen LogP contribution in [0.3, 0.4) is 0 Å². The molecule has 0 fully saturated rings. The van der Waals surface area contributed by atoms with E-state index >= 15 is 0 Å². The van der Waals surface area contributed by atoms with Crippen LogP contribution in [-0.2, 0) is 9.59 Å². The molecule has 45 heavy (non-hydrogen) atoms. The lowest BCUT2D eigenvalue weighted by atomic mass is 10.0. The van der Waals surface area contributed by atoms with Crippen LogP contribution in [0.15, 0.2) is 48.5 Å². The number of halogens is 18. The first-order chi connectivity index (χ1) is 19.9. The molecule has 2 aromatic rings. The molecule has 0 unspecified atom stereocenters. The van der Waals surface area contributed by atoms with Crippen LogP contribution in [0.25, 0.3) is 0 Å². The Hall–Kier alpha value is -4.08. The highest BCUT2D eigenvalue weighted by Crippen LogP contribution is 2.54. The van der Waals surface area contributed by atoms with E-state index in [2.05, 4.69) is 0 Å². The van der Waals surface area contributed by atoms with E-state index in [1.165, 1.54) is 0 Å². The lowest BCUT2D eigenvalue weighted by Crippen LogP contribution is -2.64. The molecule has 252 valence electrons. The van der Waals surface area contributed by atoms with Gasteiger partial charge in [-0.2, -0.15) is 79.0 Å². The molecular weight excluding hydrogens is 682 g/mol. The summed E-state index contributed by atoms with van der Waals surface area (Å²) in [5.74, 6) is -49.6.